The lowest BCUT2D eigenvalue weighted by Crippen LogP contribution is -2.26. The standard InChI is InChI=1S/C10H16N2O2/c1-7-6-8(2)12(10(14)11-7)5-4-9(3)13/h6,9,13H,4-5H2,1-3H3. The first-order chi connectivity index (χ1) is 6.50. The largest absolute Gasteiger partial charge is 0.393 e. The number of aromatic nitrogens is 2. The first kappa shape index (κ1) is 10.9. The molecule has 0 aromatic carbocycles. The van der Waals surface area contributed by atoms with Crippen LogP contribution in [0, 0.1) is 13.8 Å². The SMILES string of the molecule is Cc1cc(C)n(CCC(C)O)c(=O)n1. The van der Waals surface area contributed by atoms with Crippen LogP contribution in [0.15, 0.2) is 10.9 Å². The third-order valence-corrected chi connectivity index (χ3v) is 2.12. The van der Waals surface area contributed by atoms with Crippen LogP contribution in [0.25, 0.3) is 0 Å². The highest BCUT2D eigenvalue weighted by Crippen LogP contribution is 1.99. The van der Waals surface area contributed by atoms with Crippen molar-refractivity contribution in [3.05, 3.63) is 27.9 Å². The number of aliphatic hydroxyl groups excluding tert-OH is 1. The van der Waals surface area contributed by atoms with Crippen LogP contribution in [0.4, 0.5) is 0 Å². The Morgan fingerprint density at radius 1 is 1.57 bits per heavy atom. The van der Waals surface area contributed by atoms with E-state index in [0.29, 0.717) is 13.0 Å². The summed E-state index contributed by atoms with van der Waals surface area (Å²) in [4.78, 5) is 15.3. The van der Waals surface area contributed by atoms with E-state index in [2.05, 4.69) is 4.98 Å². The van der Waals surface area contributed by atoms with Crippen LogP contribution in [-0.2, 0) is 6.54 Å². The van der Waals surface area contributed by atoms with Crippen LogP contribution in [0.5, 0.6) is 0 Å². The molecule has 1 atom stereocenters. The lowest BCUT2D eigenvalue weighted by molar-refractivity contribution is 0.177. The van der Waals surface area contributed by atoms with E-state index < -0.39 is 0 Å². The zero-order valence-corrected chi connectivity index (χ0v) is 8.82. The zero-order valence-electron chi connectivity index (χ0n) is 8.82. The minimum atomic E-state index is -0.386. The van der Waals surface area contributed by atoms with E-state index in [9.17, 15) is 4.79 Å². The Balaban J connectivity index is 2.92. The van der Waals surface area contributed by atoms with E-state index in [0.717, 1.165) is 11.4 Å². The van der Waals surface area contributed by atoms with Crippen LogP contribution in [-0.4, -0.2) is 20.8 Å². The molecule has 0 aliphatic rings. The lowest BCUT2D eigenvalue weighted by atomic mass is 10.2. The van der Waals surface area contributed by atoms with Crippen LogP contribution in [0.3, 0.4) is 0 Å². The van der Waals surface area contributed by atoms with Crippen molar-refractivity contribution in [1.29, 1.82) is 0 Å². The van der Waals surface area contributed by atoms with Gasteiger partial charge in [0.2, 0.25) is 0 Å². The minimum absolute atomic E-state index is 0.233. The third-order valence-electron chi connectivity index (χ3n) is 2.12. The van der Waals surface area contributed by atoms with Gasteiger partial charge in [-0.25, -0.2) is 4.79 Å². The van der Waals surface area contributed by atoms with E-state index >= 15 is 0 Å². The van der Waals surface area contributed by atoms with Crippen molar-refractivity contribution in [3.8, 4) is 0 Å². The second kappa shape index (κ2) is 4.37. The summed E-state index contributed by atoms with van der Waals surface area (Å²) in [5.41, 5.74) is 1.40. The predicted octanol–water partition coefficient (Wildman–Crippen LogP) is 0.631. The molecule has 1 N–H and O–H groups in total. The van der Waals surface area contributed by atoms with Crippen LogP contribution in [0.2, 0.25) is 0 Å². The smallest absolute Gasteiger partial charge is 0.347 e. The van der Waals surface area contributed by atoms with E-state index in [1.807, 2.05) is 13.0 Å². The van der Waals surface area contributed by atoms with Gasteiger partial charge in [-0.3, -0.25) is 4.57 Å². The first-order valence-corrected chi connectivity index (χ1v) is 4.74. The molecule has 0 spiro atoms. The average molecular weight is 196 g/mol. The molecule has 4 heteroatoms. The summed E-state index contributed by atoms with van der Waals surface area (Å²) >= 11 is 0. The molecule has 4 nitrogen and oxygen atoms in total. The lowest BCUT2D eigenvalue weighted by Gasteiger charge is -2.10. The Hall–Kier alpha value is -1.16. The maximum absolute atomic E-state index is 11.4. The molecule has 0 amide bonds. The van der Waals surface area contributed by atoms with Crippen LogP contribution in [0.1, 0.15) is 24.7 Å². The molecule has 0 bridgehead atoms. The Kier molecular flexibility index (Phi) is 3.41. The van der Waals surface area contributed by atoms with Crippen molar-refractivity contribution >= 4 is 0 Å². The van der Waals surface area contributed by atoms with E-state index in [1.54, 1.807) is 18.4 Å². The van der Waals surface area contributed by atoms with Gasteiger partial charge >= 0.3 is 5.69 Å². The fraction of sp³-hybridized carbons (Fsp3) is 0.600. The molecule has 1 aromatic rings. The minimum Gasteiger partial charge on any atom is -0.393 e. The second-order valence-corrected chi connectivity index (χ2v) is 3.61. The van der Waals surface area contributed by atoms with Crippen LogP contribution >= 0.6 is 0 Å². The quantitative estimate of drug-likeness (QED) is 0.771. The zero-order chi connectivity index (χ0) is 10.7. The van der Waals surface area contributed by atoms with E-state index in [4.69, 9.17) is 5.11 Å². The second-order valence-electron chi connectivity index (χ2n) is 3.61. The van der Waals surface area contributed by atoms with Gasteiger partial charge in [-0.2, -0.15) is 4.98 Å². The highest BCUT2D eigenvalue weighted by atomic mass is 16.3. The van der Waals surface area contributed by atoms with E-state index in [-0.39, 0.29) is 11.8 Å². The van der Waals surface area contributed by atoms with Gasteiger partial charge < -0.3 is 5.11 Å². The van der Waals surface area contributed by atoms with Crippen molar-refractivity contribution in [1.82, 2.24) is 9.55 Å². The van der Waals surface area contributed by atoms with Gasteiger partial charge in [0.15, 0.2) is 0 Å². The molecule has 0 saturated heterocycles. The predicted molar refractivity (Wildman–Crippen MR) is 54.3 cm³/mol. The summed E-state index contributed by atoms with van der Waals surface area (Å²) in [5.74, 6) is 0. The molecule has 1 aromatic heterocycles. The first-order valence-electron chi connectivity index (χ1n) is 4.74. The third kappa shape index (κ3) is 2.67. The fourth-order valence-electron chi connectivity index (χ4n) is 1.36. The summed E-state index contributed by atoms with van der Waals surface area (Å²) in [6.45, 7) is 5.91. The number of aryl methyl sites for hydroxylation is 2. The fourth-order valence-corrected chi connectivity index (χ4v) is 1.36. The molecule has 0 fully saturated rings. The molecule has 0 aliphatic carbocycles. The van der Waals surface area contributed by atoms with Crippen LogP contribution < -0.4 is 5.69 Å². The summed E-state index contributed by atoms with van der Waals surface area (Å²) in [6, 6.07) is 1.86. The summed E-state index contributed by atoms with van der Waals surface area (Å²) in [5, 5.41) is 9.11. The number of aliphatic hydroxyl groups is 1. The average Bonchev–Trinajstić information content (AvgIpc) is 2.01. The maximum atomic E-state index is 11.4. The summed E-state index contributed by atoms with van der Waals surface area (Å²) in [6.07, 6.45) is 0.188. The van der Waals surface area contributed by atoms with Gasteiger partial charge in [0.05, 0.1) is 6.10 Å². The van der Waals surface area contributed by atoms with Crippen molar-refractivity contribution in [3.63, 3.8) is 0 Å². The number of hydrogen-bond donors (Lipinski definition) is 1. The van der Waals surface area contributed by atoms with Gasteiger partial charge in [0, 0.05) is 17.9 Å². The molecular formula is C10H16N2O2. The monoisotopic (exact) mass is 196 g/mol. The summed E-state index contributed by atoms with van der Waals surface area (Å²) < 4.78 is 1.58. The maximum Gasteiger partial charge on any atom is 0.347 e. The van der Waals surface area contributed by atoms with Gasteiger partial charge in [0.25, 0.3) is 0 Å². The Labute approximate surface area is 83.2 Å². The summed E-state index contributed by atoms with van der Waals surface area (Å²) in [7, 11) is 0. The molecule has 1 heterocycles. The number of nitrogens with zero attached hydrogens (tertiary/aromatic N) is 2. The van der Waals surface area contributed by atoms with Gasteiger partial charge in [-0.05, 0) is 33.3 Å². The van der Waals surface area contributed by atoms with Crippen molar-refractivity contribution in [2.24, 2.45) is 0 Å². The topological polar surface area (TPSA) is 55.1 Å². The van der Waals surface area contributed by atoms with Gasteiger partial charge in [-0.1, -0.05) is 0 Å². The molecular weight excluding hydrogens is 180 g/mol. The Morgan fingerprint density at radius 2 is 2.21 bits per heavy atom. The number of rotatable bonds is 3. The number of hydrogen-bond acceptors (Lipinski definition) is 3. The Bertz CT molecular complexity index is 369. The highest BCUT2D eigenvalue weighted by molar-refractivity contribution is 5.06. The van der Waals surface area contributed by atoms with Crippen molar-refractivity contribution in [2.45, 2.75) is 39.8 Å². The van der Waals surface area contributed by atoms with Gasteiger partial charge in [-0.15, -0.1) is 0 Å². The van der Waals surface area contributed by atoms with Gasteiger partial charge in [0.1, 0.15) is 0 Å². The molecule has 14 heavy (non-hydrogen) atoms. The molecule has 0 aliphatic heterocycles. The van der Waals surface area contributed by atoms with Crippen molar-refractivity contribution in [2.75, 3.05) is 0 Å². The Morgan fingerprint density at radius 3 is 2.71 bits per heavy atom. The molecule has 0 radical (unpaired) electrons. The molecule has 0 saturated carbocycles. The molecule has 1 unspecified atom stereocenters. The van der Waals surface area contributed by atoms with E-state index in [1.165, 1.54) is 0 Å². The molecule has 1 rings (SSSR count). The highest BCUT2D eigenvalue weighted by Gasteiger charge is 2.03. The normalized spacial score (nSPS) is 12.9. The van der Waals surface area contributed by atoms with Crippen molar-refractivity contribution < 1.29 is 5.11 Å². The molecule has 78 valence electrons.